The maximum Gasteiger partial charge on any atom is 0.163 e. The Bertz CT molecular complexity index is 567. The van der Waals surface area contributed by atoms with Crippen LogP contribution in [0, 0.1) is 0 Å². The van der Waals surface area contributed by atoms with Crippen LogP contribution in [0.4, 0.5) is 0 Å². The highest BCUT2D eigenvalue weighted by Crippen LogP contribution is 2.21. The summed E-state index contributed by atoms with van der Waals surface area (Å²) in [5.41, 5.74) is 1.16. The SMILES string of the molecule is CCc1nc(CN2CCO[C@H](c3nncn3C)C2)cs1. The summed E-state index contributed by atoms with van der Waals surface area (Å²) >= 11 is 1.74. The van der Waals surface area contributed by atoms with Crippen molar-refractivity contribution in [1.29, 1.82) is 0 Å². The molecule has 3 heterocycles. The van der Waals surface area contributed by atoms with Gasteiger partial charge in [-0.25, -0.2) is 4.98 Å². The van der Waals surface area contributed by atoms with Gasteiger partial charge in [0.2, 0.25) is 0 Å². The molecular weight excluding hydrogens is 274 g/mol. The highest BCUT2D eigenvalue weighted by molar-refractivity contribution is 7.09. The van der Waals surface area contributed by atoms with Crippen molar-refractivity contribution in [3.63, 3.8) is 0 Å². The number of aromatic nitrogens is 4. The summed E-state index contributed by atoms with van der Waals surface area (Å²) < 4.78 is 7.74. The molecule has 7 heteroatoms. The number of rotatable bonds is 4. The zero-order valence-electron chi connectivity index (χ0n) is 11.8. The van der Waals surface area contributed by atoms with Crippen LogP contribution in [0.1, 0.15) is 29.6 Å². The quantitative estimate of drug-likeness (QED) is 0.853. The summed E-state index contributed by atoms with van der Waals surface area (Å²) in [5, 5.41) is 11.4. The molecule has 0 unspecified atom stereocenters. The van der Waals surface area contributed by atoms with Gasteiger partial charge in [-0.3, -0.25) is 4.90 Å². The number of hydrogen-bond acceptors (Lipinski definition) is 6. The Balaban J connectivity index is 1.65. The lowest BCUT2D eigenvalue weighted by Crippen LogP contribution is -2.38. The lowest BCUT2D eigenvalue weighted by atomic mass is 10.2. The first-order valence-corrected chi connectivity index (χ1v) is 7.75. The van der Waals surface area contributed by atoms with Crippen LogP contribution in [0.15, 0.2) is 11.7 Å². The van der Waals surface area contributed by atoms with E-state index in [1.54, 1.807) is 17.7 Å². The average molecular weight is 293 g/mol. The minimum Gasteiger partial charge on any atom is -0.368 e. The van der Waals surface area contributed by atoms with Crippen LogP contribution in [0.25, 0.3) is 0 Å². The van der Waals surface area contributed by atoms with Gasteiger partial charge < -0.3 is 9.30 Å². The second-order valence-electron chi connectivity index (χ2n) is 4.98. The van der Waals surface area contributed by atoms with Crippen LogP contribution in [-0.4, -0.2) is 44.3 Å². The molecule has 0 bridgehead atoms. The van der Waals surface area contributed by atoms with Gasteiger partial charge >= 0.3 is 0 Å². The van der Waals surface area contributed by atoms with Crippen molar-refractivity contribution in [1.82, 2.24) is 24.6 Å². The zero-order valence-corrected chi connectivity index (χ0v) is 12.6. The first-order chi connectivity index (χ1) is 9.76. The van der Waals surface area contributed by atoms with Crippen LogP contribution in [-0.2, 0) is 24.8 Å². The summed E-state index contributed by atoms with van der Waals surface area (Å²) in [6.45, 7) is 5.52. The highest BCUT2D eigenvalue weighted by Gasteiger charge is 2.25. The number of hydrogen-bond donors (Lipinski definition) is 0. The van der Waals surface area contributed by atoms with Crippen molar-refractivity contribution in [3.8, 4) is 0 Å². The second kappa shape index (κ2) is 5.99. The number of thiazole rings is 1. The van der Waals surface area contributed by atoms with Crippen molar-refractivity contribution >= 4 is 11.3 Å². The molecule has 0 aliphatic carbocycles. The molecule has 0 N–H and O–H groups in total. The predicted octanol–water partition coefficient (Wildman–Crippen LogP) is 1.41. The molecule has 1 saturated heterocycles. The minimum absolute atomic E-state index is 0.000492. The highest BCUT2D eigenvalue weighted by atomic mass is 32.1. The van der Waals surface area contributed by atoms with E-state index in [0.29, 0.717) is 0 Å². The summed E-state index contributed by atoms with van der Waals surface area (Å²) in [7, 11) is 1.95. The van der Waals surface area contributed by atoms with E-state index < -0.39 is 0 Å². The van der Waals surface area contributed by atoms with Crippen LogP contribution < -0.4 is 0 Å². The third kappa shape index (κ3) is 2.89. The van der Waals surface area contributed by atoms with Crippen LogP contribution in [0.5, 0.6) is 0 Å². The predicted molar refractivity (Wildman–Crippen MR) is 76.5 cm³/mol. The molecule has 108 valence electrons. The lowest BCUT2D eigenvalue weighted by molar-refractivity contribution is -0.0388. The van der Waals surface area contributed by atoms with E-state index in [1.165, 1.54) is 5.01 Å². The number of ether oxygens (including phenoxy) is 1. The van der Waals surface area contributed by atoms with E-state index in [4.69, 9.17) is 4.74 Å². The molecule has 2 aromatic rings. The molecule has 1 aliphatic heterocycles. The molecule has 0 radical (unpaired) electrons. The topological polar surface area (TPSA) is 56.1 Å². The third-order valence-corrected chi connectivity index (χ3v) is 4.51. The van der Waals surface area contributed by atoms with Gasteiger partial charge in [0.05, 0.1) is 17.3 Å². The molecule has 0 saturated carbocycles. The Morgan fingerprint density at radius 2 is 2.40 bits per heavy atom. The Morgan fingerprint density at radius 1 is 1.50 bits per heavy atom. The number of nitrogens with zero attached hydrogens (tertiary/aromatic N) is 5. The van der Waals surface area contributed by atoms with Crippen LogP contribution >= 0.6 is 11.3 Å². The van der Waals surface area contributed by atoms with Gasteiger partial charge in [0.25, 0.3) is 0 Å². The van der Waals surface area contributed by atoms with E-state index in [9.17, 15) is 0 Å². The molecule has 20 heavy (non-hydrogen) atoms. The van der Waals surface area contributed by atoms with E-state index in [2.05, 4.69) is 32.4 Å². The summed E-state index contributed by atoms with van der Waals surface area (Å²) in [6.07, 6.45) is 2.72. The summed E-state index contributed by atoms with van der Waals surface area (Å²) in [6, 6.07) is 0. The molecule has 1 fully saturated rings. The third-order valence-electron chi connectivity index (χ3n) is 3.47. The van der Waals surface area contributed by atoms with E-state index in [-0.39, 0.29) is 6.10 Å². The standard InChI is InChI=1S/C13H19N5OS/c1-3-12-15-10(8-20-12)6-18-4-5-19-11(7-18)13-16-14-9-17(13)2/h8-9,11H,3-7H2,1-2H3/t11-/m0/s1. The minimum atomic E-state index is 0.000492. The van der Waals surface area contributed by atoms with Gasteiger partial charge in [0, 0.05) is 32.1 Å². The van der Waals surface area contributed by atoms with Gasteiger partial charge in [-0.1, -0.05) is 6.92 Å². The summed E-state index contributed by atoms with van der Waals surface area (Å²) in [5.74, 6) is 0.891. The van der Waals surface area contributed by atoms with Crippen molar-refractivity contribution in [2.45, 2.75) is 26.0 Å². The second-order valence-corrected chi connectivity index (χ2v) is 5.92. The van der Waals surface area contributed by atoms with Crippen molar-refractivity contribution in [2.24, 2.45) is 7.05 Å². The smallest absolute Gasteiger partial charge is 0.163 e. The van der Waals surface area contributed by atoms with E-state index in [0.717, 1.165) is 44.2 Å². The van der Waals surface area contributed by atoms with Crippen molar-refractivity contribution in [3.05, 3.63) is 28.2 Å². The van der Waals surface area contributed by atoms with Crippen molar-refractivity contribution in [2.75, 3.05) is 19.7 Å². The van der Waals surface area contributed by atoms with E-state index in [1.807, 2.05) is 11.6 Å². The lowest BCUT2D eigenvalue weighted by Gasteiger charge is -2.31. The molecule has 1 aliphatic rings. The van der Waals surface area contributed by atoms with Gasteiger partial charge in [-0.15, -0.1) is 21.5 Å². The van der Waals surface area contributed by atoms with Gasteiger partial charge in [0.1, 0.15) is 12.4 Å². The van der Waals surface area contributed by atoms with Crippen molar-refractivity contribution < 1.29 is 4.74 Å². The monoisotopic (exact) mass is 293 g/mol. The fourth-order valence-electron chi connectivity index (χ4n) is 2.40. The Morgan fingerprint density at radius 3 is 3.10 bits per heavy atom. The largest absolute Gasteiger partial charge is 0.368 e. The molecular formula is C13H19N5OS. The molecule has 6 nitrogen and oxygen atoms in total. The maximum absolute atomic E-state index is 5.81. The molecule has 3 rings (SSSR count). The Labute approximate surface area is 122 Å². The molecule has 1 atom stereocenters. The zero-order chi connectivity index (χ0) is 13.9. The van der Waals surface area contributed by atoms with Crippen LogP contribution in [0.2, 0.25) is 0 Å². The number of aryl methyl sites for hydroxylation is 2. The number of morpholine rings is 1. The Hall–Kier alpha value is -1.31. The normalized spacial score (nSPS) is 20.4. The molecule has 0 spiro atoms. The van der Waals surface area contributed by atoms with Gasteiger partial charge in [0.15, 0.2) is 5.82 Å². The average Bonchev–Trinajstić information content (AvgIpc) is 3.08. The maximum atomic E-state index is 5.81. The van der Waals surface area contributed by atoms with Gasteiger partial charge in [-0.05, 0) is 6.42 Å². The van der Waals surface area contributed by atoms with Crippen LogP contribution in [0.3, 0.4) is 0 Å². The summed E-state index contributed by atoms with van der Waals surface area (Å²) in [4.78, 5) is 7.00. The first-order valence-electron chi connectivity index (χ1n) is 6.87. The first kappa shape index (κ1) is 13.7. The molecule has 2 aromatic heterocycles. The molecule has 0 aromatic carbocycles. The fraction of sp³-hybridized carbons (Fsp3) is 0.615. The fourth-order valence-corrected chi connectivity index (χ4v) is 3.13. The van der Waals surface area contributed by atoms with Gasteiger partial charge in [-0.2, -0.15) is 0 Å². The van der Waals surface area contributed by atoms with E-state index >= 15 is 0 Å². The Kier molecular flexibility index (Phi) is 4.09. The molecule has 0 amide bonds.